The molecule has 2 unspecified atom stereocenters. The van der Waals surface area contributed by atoms with Gasteiger partial charge in [0.2, 0.25) is 0 Å². The van der Waals surface area contributed by atoms with E-state index in [9.17, 15) is 0 Å². The number of hydrogen-bond acceptors (Lipinski definition) is 0. The minimum atomic E-state index is 1.09. The van der Waals surface area contributed by atoms with E-state index in [1.165, 1.54) is 51.1 Å². The number of rotatable bonds is 8. The molecule has 0 saturated carbocycles. The first kappa shape index (κ1) is 11.9. The Labute approximate surface area is 75.8 Å². The largest absolute Gasteiger partial charge is 0.114 e. The van der Waals surface area contributed by atoms with Gasteiger partial charge in [-0.3, -0.25) is 0 Å². The van der Waals surface area contributed by atoms with Gasteiger partial charge in [-0.25, -0.2) is 0 Å². The average Bonchev–Trinajstić information content (AvgIpc) is 2.03. The maximum atomic E-state index is 2.82. The molecule has 0 heterocycles. The fraction of sp³-hybridized carbons (Fsp3) is 1.00. The van der Waals surface area contributed by atoms with E-state index in [4.69, 9.17) is 0 Å². The van der Waals surface area contributed by atoms with Crippen LogP contribution in [-0.4, -0.2) is 6.16 Å². The quantitative estimate of drug-likeness (QED) is 0.399. The van der Waals surface area contributed by atoms with Crippen molar-refractivity contribution >= 4 is 17.2 Å². The first-order valence-electron chi connectivity index (χ1n) is 4.85. The van der Waals surface area contributed by atoms with E-state index < -0.39 is 0 Å². The van der Waals surface area contributed by atoms with E-state index >= 15 is 0 Å². The zero-order chi connectivity index (χ0) is 8.36. The Morgan fingerprint density at radius 2 is 1.45 bits per heavy atom. The zero-order valence-electron chi connectivity index (χ0n) is 7.73. The van der Waals surface area contributed by atoms with Crippen molar-refractivity contribution in [1.29, 1.82) is 0 Å². The average molecular weight is 192 g/mol. The van der Waals surface area contributed by atoms with E-state index in [1.807, 2.05) is 0 Å². The van der Waals surface area contributed by atoms with Crippen molar-refractivity contribution in [2.75, 3.05) is 6.16 Å². The molecule has 68 valence electrons. The van der Waals surface area contributed by atoms with Crippen molar-refractivity contribution in [3.8, 4) is 0 Å². The van der Waals surface area contributed by atoms with Gasteiger partial charge in [0.05, 0.1) is 0 Å². The van der Waals surface area contributed by atoms with Crippen LogP contribution in [0.1, 0.15) is 51.9 Å². The van der Waals surface area contributed by atoms with Gasteiger partial charge in [0.15, 0.2) is 0 Å². The molecule has 0 aliphatic rings. The Kier molecular flexibility index (Phi) is 11.7. The summed E-state index contributed by atoms with van der Waals surface area (Å²) in [5.41, 5.74) is 0. The van der Waals surface area contributed by atoms with E-state index in [1.54, 1.807) is 0 Å². The van der Waals surface area contributed by atoms with Crippen molar-refractivity contribution in [2.45, 2.75) is 51.9 Å². The summed E-state index contributed by atoms with van der Waals surface area (Å²) in [5.74, 6) is 0. The molecule has 2 heteroatoms. The number of unbranched alkanes of at least 4 members (excludes halogenated alkanes) is 6. The summed E-state index contributed by atoms with van der Waals surface area (Å²) in [5, 5.41) is 0. The van der Waals surface area contributed by atoms with Crippen LogP contribution in [-0.2, 0) is 0 Å². The second-order valence-corrected chi connectivity index (χ2v) is 5.21. The summed E-state index contributed by atoms with van der Waals surface area (Å²) in [4.78, 5) is 0. The Bertz CT molecular complexity index is 56.6. The lowest BCUT2D eigenvalue weighted by molar-refractivity contribution is 0.603. The van der Waals surface area contributed by atoms with Gasteiger partial charge in [0.25, 0.3) is 0 Å². The van der Waals surface area contributed by atoms with Crippen LogP contribution in [0.5, 0.6) is 0 Å². The minimum absolute atomic E-state index is 1.09. The van der Waals surface area contributed by atoms with Gasteiger partial charge in [-0.05, 0) is 12.6 Å². The van der Waals surface area contributed by atoms with Crippen LogP contribution >= 0.6 is 17.2 Å². The zero-order valence-corrected chi connectivity index (χ0v) is 9.89. The Morgan fingerprint density at radius 1 is 0.909 bits per heavy atom. The highest BCUT2D eigenvalue weighted by Gasteiger charge is 1.88. The molecular formula is C9H22P2. The Balaban J connectivity index is 2.69. The lowest BCUT2D eigenvalue weighted by Crippen LogP contribution is -1.79. The van der Waals surface area contributed by atoms with E-state index in [0.29, 0.717) is 0 Å². The molecule has 0 aromatic rings. The molecule has 0 spiro atoms. The standard InChI is InChI=1S/C9H22P2/c1-2-3-4-5-6-7-8-9-11-10/h11H,2-10H2,1H3. The van der Waals surface area contributed by atoms with Crippen molar-refractivity contribution in [3.05, 3.63) is 0 Å². The summed E-state index contributed by atoms with van der Waals surface area (Å²) in [6.45, 7) is 2.27. The van der Waals surface area contributed by atoms with Crippen LogP contribution in [0.3, 0.4) is 0 Å². The molecule has 0 nitrogen and oxygen atoms in total. The second kappa shape index (κ2) is 10.9. The van der Waals surface area contributed by atoms with Crippen LogP contribution in [0.2, 0.25) is 0 Å². The van der Waals surface area contributed by atoms with Crippen LogP contribution < -0.4 is 0 Å². The van der Waals surface area contributed by atoms with Crippen molar-refractivity contribution < 1.29 is 0 Å². The molecule has 0 aromatic heterocycles. The van der Waals surface area contributed by atoms with Gasteiger partial charge >= 0.3 is 0 Å². The topological polar surface area (TPSA) is 0 Å². The van der Waals surface area contributed by atoms with Crippen molar-refractivity contribution in [2.24, 2.45) is 0 Å². The summed E-state index contributed by atoms with van der Waals surface area (Å²) < 4.78 is 0. The molecule has 2 atom stereocenters. The summed E-state index contributed by atoms with van der Waals surface area (Å²) >= 11 is 0. The maximum absolute atomic E-state index is 2.82. The Hall–Kier alpha value is 0.860. The SMILES string of the molecule is CCCCCCCCCPP. The fourth-order valence-electron chi connectivity index (χ4n) is 1.18. The summed E-state index contributed by atoms with van der Waals surface area (Å²) in [6.07, 6.45) is 11.5. The molecule has 0 aliphatic carbocycles. The first-order valence-corrected chi connectivity index (χ1v) is 7.87. The van der Waals surface area contributed by atoms with Gasteiger partial charge in [-0.2, -0.15) is 0 Å². The van der Waals surface area contributed by atoms with Gasteiger partial charge in [0, 0.05) is 0 Å². The van der Waals surface area contributed by atoms with Crippen LogP contribution in [0.15, 0.2) is 0 Å². The van der Waals surface area contributed by atoms with Crippen molar-refractivity contribution in [3.63, 3.8) is 0 Å². The molecule has 11 heavy (non-hydrogen) atoms. The van der Waals surface area contributed by atoms with Crippen LogP contribution in [0.4, 0.5) is 0 Å². The molecular weight excluding hydrogens is 170 g/mol. The van der Waals surface area contributed by atoms with Crippen LogP contribution in [0, 0.1) is 0 Å². The Morgan fingerprint density at radius 3 is 2.00 bits per heavy atom. The monoisotopic (exact) mass is 192 g/mol. The molecule has 0 radical (unpaired) electrons. The highest BCUT2D eigenvalue weighted by molar-refractivity contribution is 8.02. The molecule has 0 amide bonds. The van der Waals surface area contributed by atoms with Gasteiger partial charge in [0.1, 0.15) is 0 Å². The third-order valence-electron chi connectivity index (χ3n) is 1.92. The number of hydrogen-bond donors (Lipinski definition) is 0. The van der Waals surface area contributed by atoms with Crippen molar-refractivity contribution in [1.82, 2.24) is 0 Å². The predicted octanol–water partition coefficient (Wildman–Crippen LogP) is 4.21. The highest BCUT2D eigenvalue weighted by atomic mass is 32.0. The van der Waals surface area contributed by atoms with Gasteiger partial charge in [-0.15, -0.1) is 17.2 Å². The summed E-state index contributed by atoms with van der Waals surface area (Å²) in [7, 11) is 3.91. The lowest BCUT2D eigenvalue weighted by Gasteiger charge is -1.99. The molecule has 0 rings (SSSR count). The van der Waals surface area contributed by atoms with Gasteiger partial charge in [-0.1, -0.05) is 45.4 Å². The third kappa shape index (κ3) is 10.9. The van der Waals surface area contributed by atoms with E-state index in [0.717, 1.165) is 8.27 Å². The van der Waals surface area contributed by atoms with E-state index in [-0.39, 0.29) is 0 Å². The molecule has 0 aliphatic heterocycles. The maximum Gasteiger partial charge on any atom is -0.0319 e. The molecule has 0 aromatic carbocycles. The molecule has 0 N–H and O–H groups in total. The smallest absolute Gasteiger partial charge is 0.0319 e. The fourth-order valence-corrected chi connectivity index (χ4v) is 2.25. The molecule has 0 bridgehead atoms. The predicted molar refractivity (Wildman–Crippen MR) is 60.9 cm³/mol. The highest BCUT2D eigenvalue weighted by Crippen LogP contribution is 2.21. The first-order chi connectivity index (χ1) is 5.41. The van der Waals surface area contributed by atoms with E-state index in [2.05, 4.69) is 15.9 Å². The lowest BCUT2D eigenvalue weighted by atomic mass is 10.1. The van der Waals surface area contributed by atoms with Crippen LogP contribution in [0.25, 0.3) is 0 Å². The third-order valence-corrected chi connectivity index (χ3v) is 3.43. The minimum Gasteiger partial charge on any atom is -0.114 e. The summed E-state index contributed by atoms with van der Waals surface area (Å²) in [6, 6.07) is 0. The normalized spacial score (nSPS) is 11.5. The van der Waals surface area contributed by atoms with Gasteiger partial charge < -0.3 is 0 Å². The molecule has 0 fully saturated rings. The second-order valence-electron chi connectivity index (χ2n) is 3.08. The molecule has 0 saturated heterocycles.